The number of nitrogens with zero attached hydrogens (tertiary/aromatic N) is 2. The van der Waals surface area contributed by atoms with Crippen LogP contribution in [0.3, 0.4) is 0 Å². The molecule has 2 N–H and O–H groups in total. The van der Waals surface area contributed by atoms with Crippen LogP contribution in [0.15, 0.2) is 35.5 Å². The largest absolute Gasteiger partial charge is 0.497 e. The second kappa shape index (κ2) is 11.1. The third kappa shape index (κ3) is 6.91. The van der Waals surface area contributed by atoms with E-state index in [0.29, 0.717) is 19.7 Å². The molecular weight excluding hydrogens is 439 g/mol. The molecule has 0 aliphatic rings. The molecule has 0 radical (unpaired) electrons. The second-order valence-corrected chi connectivity index (χ2v) is 6.06. The molecule has 1 aromatic heterocycles. The SMILES string of the molecule is CN=C(NCCOc1cccc(OC)c1)NCc1ncc(C)s1.I. The molecule has 0 aliphatic heterocycles. The summed E-state index contributed by atoms with van der Waals surface area (Å²) < 4.78 is 10.8. The second-order valence-electron chi connectivity index (χ2n) is 4.74. The highest BCUT2D eigenvalue weighted by Gasteiger charge is 2.02. The first-order chi connectivity index (χ1) is 11.2. The van der Waals surface area contributed by atoms with Crippen molar-refractivity contribution >= 4 is 41.3 Å². The van der Waals surface area contributed by atoms with Crippen molar-refractivity contribution in [2.45, 2.75) is 13.5 Å². The van der Waals surface area contributed by atoms with E-state index in [9.17, 15) is 0 Å². The number of ether oxygens (including phenoxy) is 2. The van der Waals surface area contributed by atoms with Crippen LogP contribution >= 0.6 is 35.3 Å². The van der Waals surface area contributed by atoms with Gasteiger partial charge in [-0.25, -0.2) is 4.98 Å². The quantitative estimate of drug-likeness (QED) is 0.287. The molecule has 24 heavy (non-hydrogen) atoms. The minimum absolute atomic E-state index is 0. The van der Waals surface area contributed by atoms with Crippen LogP contribution in [0.5, 0.6) is 11.5 Å². The number of rotatable bonds is 7. The number of aliphatic imine (C=N–C) groups is 1. The molecule has 0 spiro atoms. The molecule has 0 unspecified atom stereocenters. The zero-order valence-electron chi connectivity index (χ0n) is 14.0. The van der Waals surface area contributed by atoms with Gasteiger partial charge in [0.15, 0.2) is 5.96 Å². The number of nitrogens with one attached hydrogen (secondary N) is 2. The molecule has 0 bridgehead atoms. The lowest BCUT2D eigenvalue weighted by molar-refractivity contribution is 0.319. The Morgan fingerprint density at radius 3 is 2.75 bits per heavy atom. The molecule has 0 aliphatic carbocycles. The number of halogens is 1. The number of guanidine groups is 1. The predicted molar refractivity (Wildman–Crippen MR) is 109 cm³/mol. The van der Waals surface area contributed by atoms with E-state index < -0.39 is 0 Å². The predicted octanol–water partition coefficient (Wildman–Crippen LogP) is 2.82. The van der Waals surface area contributed by atoms with E-state index in [1.165, 1.54) is 4.88 Å². The van der Waals surface area contributed by atoms with Crippen LogP contribution in [0, 0.1) is 6.92 Å². The zero-order chi connectivity index (χ0) is 16.5. The van der Waals surface area contributed by atoms with Crippen LogP contribution in [-0.4, -0.2) is 38.3 Å². The van der Waals surface area contributed by atoms with Crippen molar-refractivity contribution in [1.82, 2.24) is 15.6 Å². The third-order valence-electron chi connectivity index (χ3n) is 3.00. The lowest BCUT2D eigenvalue weighted by Gasteiger charge is -2.12. The fourth-order valence-electron chi connectivity index (χ4n) is 1.89. The Labute approximate surface area is 163 Å². The first-order valence-electron chi connectivity index (χ1n) is 7.34. The van der Waals surface area contributed by atoms with Crippen molar-refractivity contribution in [3.63, 3.8) is 0 Å². The molecule has 0 atom stereocenters. The van der Waals surface area contributed by atoms with Crippen LogP contribution in [0.1, 0.15) is 9.88 Å². The van der Waals surface area contributed by atoms with E-state index in [1.54, 1.807) is 25.5 Å². The van der Waals surface area contributed by atoms with Gasteiger partial charge in [-0.2, -0.15) is 0 Å². The molecule has 132 valence electrons. The summed E-state index contributed by atoms with van der Waals surface area (Å²) in [5.41, 5.74) is 0. The topological polar surface area (TPSA) is 67.8 Å². The standard InChI is InChI=1S/C16H22N4O2S.HI/c1-12-10-19-15(23-12)11-20-16(17-2)18-7-8-22-14-6-4-5-13(9-14)21-3;/h4-6,9-10H,7-8,11H2,1-3H3,(H2,17,18,20);1H. The van der Waals surface area contributed by atoms with Crippen LogP contribution < -0.4 is 20.1 Å². The van der Waals surface area contributed by atoms with E-state index in [1.807, 2.05) is 37.4 Å². The lowest BCUT2D eigenvalue weighted by atomic mass is 10.3. The van der Waals surface area contributed by atoms with Gasteiger partial charge in [0.25, 0.3) is 0 Å². The van der Waals surface area contributed by atoms with E-state index >= 15 is 0 Å². The van der Waals surface area contributed by atoms with Gasteiger partial charge >= 0.3 is 0 Å². The van der Waals surface area contributed by atoms with Gasteiger partial charge < -0.3 is 20.1 Å². The van der Waals surface area contributed by atoms with Crippen LogP contribution in [0.2, 0.25) is 0 Å². The van der Waals surface area contributed by atoms with Crippen LogP contribution in [0.25, 0.3) is 0 Å². The van der Waals surface area contributed by atoms with Gasteiger partial charge in [0.2, 0.25) is 0 Å². The van der Waals surface area contributed by atoms with Crippen molar-refractivity contribution in [3.8, 4) is 11.5 Å². The smallest absolute Gasteiger partial charge is 0.191 e. The third-order valence-corrected chi connectivity index (χ3v) is 3.92. The van der Waals surface area contributed by atoms with Crippen molar-refractivity contribution in [2.75, 3.05) is 27.3 Å². The van der Waals surface area contributed by atoms with Gasteiger partial charge in [-0.3, -0.25) is 4.99 Å². The van der Waals surface area contributed by atoms with Gasteiger partial charge in [0.05, 0.1) is 20.2 Å². The van der Waals surface area contributed by atoms with E-state index in [0.717, 1.165) is 22.5 Å². The highest BCUT2D eigenvalue weighted by atomic mass is 127. The Bertz CT molecular complexity index is 649. The number of aryl methyl sites for hydroxylation is 1. The van der Waals surface area contributed by atoms with E-state index in [2.05, 4.69) is 20.6 Å². The van der Waals surface area contributed by atoms with E-state index in [-0.39, 0.29) is 24.0 Å². The Hall–Kier alpha value is -1.55. The fraction of sp³-hybridized carbons (Fsp3) is 0.375. The van der Waals surface area contributed by atoms with Crippen molar-refractivity contribution < 1.29 is 9.47 Å². The van der Waals surface area contributed by atoms with Gasteiger partial charge in [-0.1, -0.05) is 6.07 Å². The molecule has 2 aromatic rings. The Morgan fingerprint density at radius 1 is 1.29 bits per heavy atom. The maximum absolute atomic E-state index is 5.67. The number of methoxy groups -OCH3 is 1. The minimum atomic E-state index is 0. The maximum atomic E-state index is 5.67. The van der Waals surface area contributed by atoms with Gasteiger partial charge in [-0.05, 0) is 19.1 Å². The molecule has 6 nitrogen and oxygen atoms in total. The molecule has 0 saturated carbocycles. The Kier molecular flexibility index (Phi) is 9.46. The molecule has 1 aromatic carbocycles. The van der Waals surface area contributed by atoms with Crippen molar-refractivity contribution in [2.24, 2.45) is 4.99 Å². The zero-order valence-corrected chi connectivity index (χ0v) is 17.2. The Balaban J connectivity index is 0.00000288. The average molecular weight is 462 g/mol. The fourth-order valence-corrected chi connectivity index (χ4v) is 2.62. The number of hydrogen-bond donors (Lipinski definition) is 2. The monoisotopic (exact) mass is 462 g/mol. The first-order valence-corrected chi connectivity index (χ1v) is 8.15. The van der Waals surface area contributed by atoms with Crippen LogP contribution in [-0.2, 0) is 6.54 Å². The summed E-state index contributed by atoms with van der Waals surface area (Å²) in [5.74, 6) is 2.30. The summed E-state index contributed by atoms with van der Waals surface area (Å²) in [5, 5.41) is 7.47. The van der Waals surface area contributed by atoms with Gasteiger partial charge in [-0.15, -0.1) is 35.3 Å². The highest BCUT2D eigenvalue weighted by Crippen LogP contribution is 2.18. The highest BCUT2D eigenvalue weighted by molar-refractivity contribution is 14.0. The number of aromatic nitrogens is 1. The summed E-state index contributed by atoms with van der Waals surface area (Å²) >= 11 is 1.68. The van der Waals surface area contributed by atoms with E-state index in [4.69, 9.17) is 9.47 Å². The summed E-state index contributed by atoms with van der Waals surface area (Å²) in [6, 6.07) is 7.55. The molecule has 1 heterocycles. The normalized spacial score (nSPS) is 10.7. The van der Waals surface area contributed by atoms with Gasteiger partial charge in [0.1, 0.15) is 23.1 Å². The lowest BCUT2D eigenvalue weighted by Crippen LogP contribution is -2.38. The summed E-state index contributed by atoms with van der Waals surface area (Å²) in [4.78, 5) is 9.69. The maximum Gasteiger partial charge on any atom is 0.191 e. The summed E-state index contributed by atoms with van der Waals surface area (Å²) in [6.07, 6.45) is 1.87. The summed E-state index contributed by atoms with van der Waals surface area (Å²) in [6.45, 7) is 3.89. The van der Waals surface area contributed by atoms with Gasteiger partial charge in [0, 0.05) is 24.2 Å². The Morgan fingerprint density at radius 2 is 2.08 bits per heavy atom. The van der Waals surface area contributed by atoms with Crippen molar-refractivity contribution in [3.05, 3.63) is 40.3 Å². The number of thiazole rings is 1. The first kappa shape index (κ1) is 20.5. The summed E-state index contributed by atoms with van der Waals surface area (Å²) in [7, 11) is 3.38. The molecule has 0 amide bonds. The van der Waals surface area contributed by atoms with Crippen molar-refractivity contribution in [1.29, 1.82) is 0 Å². The minimum Gasteiger partial charge on any atom is -0.497 e. The molecule has 8 heteroatoms. The van der Waals surface area contributed by atoms with Crippen LogP contribution in [0.4, 0.5) is 0 Å². The number of hydrogen-bond acceptors (Lipinski definition) is 5. The molecule has 0 saturated heterocycles. The molecular formula is C16H23IN4O2S. The average Bonchev–Trinajstić information content (AvgIpc) is 3.00. The molecule has 2 rings (SSSR count). The molecule has 0 fully saturated rings. The number of benzene rings is 1.